The zero-order chi connectivity index (χ0) is 23.7. The van der Waals surface area contributed by atoms with Gasteiger partial charge in [-0.3, -0.25) is 4.72 Å². The molecule has 1 N–H and O–H groups in total. The minimum absolute atomic E-state index is 0.105. The molecule has 0 spiro atoms. The summed E-state index contributed by atoms with van der Waals surface area (Å²) in [6.07, 6.45) is -10.4. The lowest BCUT2D eigenvalue weighted by Gasteiger charge is -2.15. The molecule has 0 unspecified atom stereocenters. The van der Waals surface area contributed by atoms with Crippen molar-refractivity contribution in [1.82, 2.24) is 10.2 Å². The molecule has 0 fully saturated rings. The number of alkyl halides is 6. The van der Waals surface area contributed by atoms with Crippen molar-refractivity contribution >= 4 is 15.7 Å². The minimum Gasteiger partial charge on any atom is -0.480 e. The first-order valence-electron chi connectivity index (χ1n) is 8.60. The predicted molar refractivity (Wildman–Crippen MR) is 101 cm³/mol. The first-order chi connectivity index (χ1) is 14.8. The second kappa shape index (κ2) is 8.30. The van der Waals surface area contributed by atoms with Crippen LogP contribution in [-0.4, -0.2) is 25.7 Å². The Bertz CT molecular complexity index is 1190. The normalized spacial score (nSPS) is 12.5. The van der Waals surface area contributed by atoms with Gasteiger partial charge in [-0.05, 0) is 36.4 Å². The molecule has 0 aliphatic heterocycles. The Balaban J connectivity index is 1.99. The molecule has 0 radical (unpaired) electrons. The van der Waals surface area contributed by atoms with Crippen molar-refractivity contribution < 1.29 is 39.5 Å². The van der Waals surface area contributed by atoms with Gasteiger partial charge in [-0.2, -0.15) is 26.3 Å². The molecule has 3 aromatic rings. The van der Waals surface area contributed by atoms with Gasteiger partial charge in [0.05, 0.1) is 28.8 Å². The zero-order valence-electron chi connectivity index (χ0n) is 16.0. The van der Waals surface area contributed by atoms with E-state index in [2.05, 4.69) is 10.2 Å². The number of anilines is 1. The smallest absolute Gasteiger partial charge is 0.416 e. The van der Waals surface area contributed by atoms with Crippen molar-refractivity contribution in [3.05, 3.63) is 65.7 Å². The Kier molecular flexibility index (Phi) is 6.05. The summed E-state index contributed by atoms with van der Waals surface area (Å²) >= 11 is 0. The third-order valence-corrected chi connectivity index (χ3v) is 5.49. The van der Waals surface area contributed by atoms with Gasteiger partial charge in [0.1, 0.15) is 0 Å². The number of nitrogens with zero attached hydrogens (tertiary/aromatic N) is 2. The summed E-state index contributed by atoms with van der Waals surface area (Å²) in [5.74, 6) is 0.232. The van der Waals surface area contributed by atoms with E-state index in [-0.39, 0.29) is 29.8 Å². The van der Waals surface area contributed by atoms with E-state index in [0.29, 0.717) is 11.3 Å². The van der Waals surface area contributed by atoms with Crippen molar-refractivity contribution in [2.24, 2.45) is 0 Å². The Labute approximate surface area is 177 Å². The van der Waals surface area contributed by atoms with Crippen LogP contribution in [0.25, 0.3) is 11.3 Å². The molecule has 0 atom stereocenters. The van der Waals surface area contributed by atoms with Crippen LogP contribution in [0.5, 0.6) is 5.88 Å². The number of ether oxygens (including phenoxy) is 1. The van der Waals surface area contributed by atoms with Crippen molar-refractivity contribution in [2.45, 2.75) is 17.2 Å². The summed E-state index contributed by atoms with van der Waals surface area (Å²) in [7, 11) is -3.41. The van der Waals surface area contributed by atoms with Gasteiger partial charge in [0, 0.05) is 17.3 Å². The third-order valence-electron chi connectivity index (χ3n) is 4.13. The largest absolute Gasteiger partial charge is 0.480 e. The number of aromatic nitrogens is 2. The Hall–Kier alpha value is -3.35. The topological polar surface area (TPSA) is 81.2 Å². The molecule has 1 heterocycles. The van der Waals surface area contributed by atoms with E-state index in [1.807, 2.05) is 4.72 Å². The van der Waals surface area contributed by atoms with E-state index in [1.54, 1.807) is 6.07 Å². The maximum absolute atomic E-state index is 13.0. The lowest BCUT2D eigenvalue weighted by Crippen LogP contribution is -2.17. The van der Waals surface area contributed by atoms with E-state index in [9.17, 15) is 34.8 Å². The highest BCUT2D eigenvalue weighted by Crippen LogP contribution is 2.37. The lowest BCUT2D eigenvalue weighted by atomic mass is 10.1. The van der Waals surface area contributed by atoms with Crippen LogP contribution in [0, 0.1) is 0 Å². The number of hydrogen-bond donors (Lipinski definition) is 1. The molecule has 0 saturated carbocycles. The molecule has 0 aliphatic rings. The lowest BCUT2D eigenvalue weighted by molar-refractivity contribution is -0.143. The highest BCUT2D eigenvalue weighted by molar-refractivity contribution is 7.92. The highest BCUT2D eigenvalue weighted by atomic mass is 32.2. The summed E-state index contributed by atoms with van der Waals surface area (Å²) in [5, 5.41) is 7.66. The second-order valence-electron chi connectivity index (χ2n) is 6.39. The molecule has 13 heteroatoms. The van der Waals surface area contributed by atoms with Crippen molar-refractivity contribution in [3.63, 3.8) is 0 Å². The van der Waals surface area contributed by atoms with E-state index in [0.717, 1.165) is 0 Å². The number of sulfonamides is 1. The quantitative estimate of drug-likeness (QED) is 0.524. The Morgan fingerprint density at radius 3 is 1.97 bits per heavy atom. The molecule has 2 aromatic carbocycles. The maximum atomic E-state index is 13.0. The van der Waals surface area contributed by atoms with Gasteiger partial charge < -0.3 is 4.74 Å². The Morgan fingerprint density at radius 2 is 1.47 bits per heavy atom. The first-order valence-corrected chi connectivity index (χ1v) is 10.1. The molecule has 0 bridgehead atoms. The average Bonchev–Trinajstić information content (AvgIpc) is 2.72. The molecular formula is C19H13F6N3O3S. The van der Waals surface area contributed by atoms with E-state index < -0.39 is 38.4 Å². The van der Waals surface area contributed by atoms with Crippen molar-refractivity contribution in [1.29, 1.82) is 0 Å². The number of benzene rings is 2. The predicted octanol–water partition coefficient (Wildman–Crippen LogP) is 4.99. The van der Waals surface area contributed by atoms with E-state index >= 15 is 0 Å². The average molecular weight is 477 g/mol. The maximum Gasteiger partial charge on any atom is 0.416 e. The Morgan fingerprint density at radius 1 is 0.844 bits per heavy atom. The second-order valence-corrected chi connectivity index (χ2v) is 8.07. The number of halogens is 6. The minimum atomic E-state index is -5.18. The van der Waals surface area contributed by atoms with Crippen LogP contribution in [0.3, 0.4) is 0 Å². The van der Waals surface area contributed by atoms with Crippen LogP contribution in [0.4, 0.5) is 32.0 Å². The molecule has 32 heavy (non-hydrogen) atoms. The zero-order valence-corrected chi connectivity index (χ0v) is 16.8. The van der Waals surface area contributed by atoms with Crippen LogP contribution >= 0.6 is 0 Å². The van der Waals surface area contributed by atoms with Gasteiger partial charge in [0.25, 0.3) is 10.0 Å². The molecular weight excluding hydrogens is 464 g/mol. The van der Waals surface area contributed by atoms with E-state index in [1.165, 1.54) is 37.4 Å². The number of hydrogen-bond acceptors (Lipinski definition) is 5. The molecule has 0 amide bonds. The van der Waals surface area contributed by atoms with Crippen LogP contribution in [0.1, 0.15) is 11.1 Å². The fourth-order valence-corrected chi connectivity index (χ4v) is 3.74. The van der Waals surface area contributed by atoms with Gasteiger partial charge in [-0.15, -0.1) is 10.2 Å². The van der Waals surface area contributed by atoms with Crippen LogP contribution in [-0.2, 0) is 22.4 Å². The van der Waals surface area contributed by atoms with Gasteiger partial charge >= 0.3 is 12.4 Å². The number of rotatable bonds is 5. The summed E-state index contributed by atoms with van der Waals surface area (Å²) in [6, 6.07) is 8.70. The standard InChI is InChI=1S/C19H13F6N3O3S/c1-31-17-6-5-16(26-27-17)11-3-2-4-14(7-11)28-32(29,30)15-9-12(18(20,21)22)8-13(10-15)19(23,24)25/h2-10,28H,1H3. The third kappa shape index (κ3) is 5.28. The monoisotopic (exact) mass is 477 g/mol. The fourth-order valence-electron chi connectivity index (χ4n) is 2.62. The summed E-state index contributed by atoms with van der Waals surface area (Å²) < 4.78 is 110. The summed E-state index contributed by atoms with van der Waals surface area (Å²) in [6.45, 7) is 0. The SMILES string of the molecule is COc1ccc(-c2cccc(NS(=O)(=O)c3cc(C(F)(F)F)cc(C(F)(F)F)c3)c2)nn1. The van der Waals surface area contributed by atoms with Gasteiger partial charge in [0.2, 0.25) is 5.88 Å². The molecule has 6 nitrogen and oxygen atoms in total. The molecule has 3 rings (SSSR count). The number of nitrogens with one attached hydrogen (secondary N) is 1. The summed E-state index contributed by atoms with van der Waals surface area (Å²) in [5.41, 5.74) is -2.87. The fraction of sp³-hybridized carbons (Fsp3) is 0.158. The summed E-state index contributed by atoms with van der Waals surface area (Å²) in [4.78, 5) is -1.19. The first kappa shape index (κ1) is 23.3. The number of methoxy groups -OCH3 is 1. The van der Waals surface area contributed by atoms with Gasteiger partial charge in [-0.25, -0.2) is 8.42 Å². The van der Waals surface area contributed by atoms with Gasteiger partial charge in [-0.1, -0.05) is 12.1 Å². The highest BCUT2D eigenvalue weighted by Gasteiger charge is 2.38. The van der Waals surface area contributed by atoms with Crippen LogP contribution in [0.15, 0.2) is 59.5 Å². The van der Waals surface area contributed by atoms with Crippen molar-refractivity contribution in [2.75, 3.05) is 11.8 Å². The molecule has 0 aliphatic carbocycles. The molecule has 0 saturated heterocycles. The van der Waals surface area contributed by atoms with Crippen molar-refractivity contribution in [3.8, 4) is 17.1 Å². The molecule has 170 valence electrons. The van der Waals surface area contributed by atoms with Crippen LogP contribution in [0.2, 0.25) is 0 Å². The van der Waals surface area contributed by atoms with Crippen LogP contribution < -0.4 is 9.46 Å². The molecule has 1 aromatic heterocycles. The van der Waals surface area contributed by atoms with Gasteiger partial charge in [0.15, 0.2) is 0 Å². The van der Waals surface area contributed by atoms with E-state index in [4.69, 9.17) is 4.74 Å².